The monoisotopic (exact) mass is 496 g/mol. The van der Waals surface area contributed by atoms with E-state index in [0.29, 0.717) is 49.6 Å². The van der Waals surface area contributed by atoms with Gasteiger partial charge in [-0.15, -0.1) is 0 Å². The predicted octanol–water partition coefficient (Wildman–Crippen LogP) is 2.92. The molecule has 0 saturated carbocycles. The van der Waals surface area contributed by atoms with E-state index in [0.717, 1.165) is 24.1 Å². The molecule has 1 unspecified atom stereocenters. The van der Waals surface area contributed by atoms with Crippen LogP contribution >= 0.6 is 11.6 Å². The first-order chi connectivity index (χ1) is 17.0. The molecule has 1 aromatic carbocycles. The highest BCUT2D eigenvalue weighted by Crippen LogP contribution is 2.32. The first kappa shape index (κ1) is 22.2. The summed E-state index contributed by atoms with van der Waals surface area (Å²) in [7, 11) is 0. The number of amides is 2. The van der Waals surface area contributed by atoms with Crippen molar-refractivity contribution in [2.45, 2.75) is 31.2 Å². The van der Waals surface area contributed by atoms with E-state index in [1.165, 1.54) is 0 Å². The van der Waals surface area contributed by atoms with Crippen LogP contribution in [-0.2, 0) is 14.3 Å². The van der Waals surface area contributed by atoms with Crippen LogP contribution in [0.15, 0.2) is 41.2 Å². The number of benzene rings is 1. The summed E-state index contributed by atoms with van der Waals surface area (Å²) < 4.78 is 12.7. The van der Waals surface area contributed by atoms with Crippen molar-refractivity contribution in [1.29, 1.82) is 0 Å². The number of ether oxygens (including phenoxy) is 1. The number of carbonyl (C=O) groups is 2. The Hall–Kier alpha value is -3.24. The molecule has 3 aliphatic rings. The van der Waals surface area contributed by atoms with Gasteiger partial charge in [-0.3, -0.25) is 14.3 Å². The van der Waals surface area contributed by atoms with E-state index in [9.17, 15) is 9.59 Å². The topological polar surface area (TPSA) is 107 Å². The van der Waals surface area contributed by atoms with Crippen LogP contribution in [0.5, 0.6) is 0 Å². The van der Waals surface area contributed by atoms with Crippen molar-refractivity contribution in [2.75, 3.05) is 37.7 Å². The molecule has 0 aliphatic carbocycles. The van der Waals surface area contributed by atoms with Crippen LogP contribution in [0.1, 0.15) is 37.1 Å². The summed E-state index contributed by atoms with van der Waals surface area (Å²) in [6.45, 7) is 2.92. The normalized spacial score (nSPS) is 21.5. The van der Waals surface area contributed by atoms with Crippen molar-refractivity contribution >= 4 is 29.1 Å². The Labute approximate surface area is 206 Å². The van der Waals surface area contributed by atoms with Gasteiger partial charge in [-0.05, 0) is 31.0 Å². The molecule has 1 atom stereocenters. The lowest BCUT2D eigenvalue weighted by atomic mass is 9.95. The maximum Gasteiger partial charge on any atom is 0.230 e. The van der Waals surface area contributed by atoms with E-state index in [-0.39, 0.29) is 36.1 Å². The summed E-state index contributed by atoms with van der Waals surface area (Å²) in [6.07, 6.45) is 5.36. The van der Waals surface area contributed by atoms with Crippen molar-refractivity contribution < 1.29 is 18.8 Å². The number of piperidine rings is 1. The lowest BCUT2D eigenvalue weighted by Gasteiger charge is -2.32. The third kappa shape index (κ3) is 4.32. The fourth-order valence-electron chi connectivity index (χ4n) is 4.92. The van der Waals surface area contributed by atoms with Gasteiger partial charge in [-0.1, -0.05) is 22.8 Å². The highest BCUT2D eigenvalue weighted by molar-refractivity contribution is 6.31. The molecule has 3 aromatic rings. The van der Waals surface area contributed by atoms with Gasteiger partial charge in [-0.25, -0.2) is 0 Å². The molecule has 6 rings (SSSR count). The van der Waals surface area contributed by atoms with Crippen molar-refractivity contribution in [3.05, 3.63) is 47.6 Å². The molecule has 0 bridgehead atoms. The average Bonchev–Trinajstić information content (AvgIpc) is 3.57. The Balaban J connectivity index is 1.05. The van der Waals surface area contributed by atoms with Crippen LogP contribution in [0.4, 0.5) is 5.69 Å². The molecule has 2 aromatic heterocycles. The summed E-state index contributed by atoms with van der Waals surface area (Å²) in [4.78, 5) is 33.8. The third-order valence-corrected chi connectivity index (χ3v) is 7.28. The number of likely N-dealkylation sites (tertiary alicyclic amines) is 1. The van der Waals surface area contributed by atoms with Crippen LogP contribution < -0.4 is 4.90 Å². The highest BCUT2D eigenvalue weighted by atomic mass is 35.5. The van der Waals surface area contributed by atoms with Gasteiger partial charge >= 0.3 is 0 Å². The molecule has 10 nitrogen and oxygen atoms in total. The Kier molecular flexibility index (Phi) is 5.77. The molecule has 11 heteroatoms. The van der Waals surface area contributed by atoms with E-state index >= 15 is 0 Å². The molecule has 2 amide bonds. The number of aromatic nitrogens is 4. The SMILES string of the molecule is O=C(C1CC(=O)N(c2cccc(Cl)c2)C1)N1CCC(c2nc(-c3cnn(C4COC4)c3)no2)CC1. The maximum atomic E-state index is 13.2. The molecule has 3 aliphatic heterocycles. The number of halogens is 1. The number of rotatable bonds is 5. The minimum absolute atomic E-state index is 0.0277. The summed E-state index contributed by atoms with van der Waals surface area (Å²) in [6, 6.07) is 7.44. The number of carbonyl (C=O) groups excluding carboxylic acids is 2. The molecular weight excluding hydrogens is 472 g/mol. The van der Waals surface area contributed by atoms with Gasteiger partial charge in [0.25, 0.3) is 0 Å². The van der Waals surface area contributed by atoms with Crippen molar-refractivity contribution in [3.8, 4) is 11.4 Å². The van der Waals surface area contributed by atoms with Crippen LogP contribution in [0, 0.1) is 5.92 Å². The number of nitrogens with zero attached hydrogens (tertiary/aromatic N) is 6. The second kappa shape index (κ2) is 9.09. The van der Waals surface area contributed by atoms with Gasteiger partial charge in [0.1, 0.15) is 0 Å². The molecule has 0 radical (unpaired) electrons. The van der Waals surface area contributed by atoms with Gasteiger partial charge in [0.2, 0.25) is 23.5 Å². The fraction of sp³-hybridized carbons (Fsp3) is 0.458. The summed E-state index contributed by atoms with van der Waals surface area (Å²) >= 11 is 6.07. The second-order valence-electron chi connectivity index (χ2n) is 9.34. The van der Waals surface area contributed by atoms with E-state index in [2.05, 4.69) is 15.2 Å². The van der Waals surface area contributed by atoms with Gasteiger partial charge < -0.3 is 19.1 Å². The summed E-state index contributed by atoms with van der Waals surface area (Å²) in [5, 5.41) is 9.09. The Morgan fingerprint density at radius 3 is 2.74 bits per heavy atom. The van der Waals surface area contributed by atoms with Crippen molar-refractivity contribution in [1.82, 2.24) is 24.8 Å². The van der Waals surface area contributed by atoms with Crippen molar-refractivity contribution in [3.63, 3.8) is 0 Å². The zero-order chi connectivity index (χ0) is 23.9. The third-order valence-electron chi connectivity index (χ3n) is 7.05. The fourth-order valence-corrected chi connectivity index (χ4v) is 5.10. The maximum absolute atomic E-state index is 13.2. The van der Waals surface area contributed by atoms with Crippen LogP contribution in [-0.4, -0.2) is 69.5 Å². The van der Waals surface area contributed by atoms with Crippen LogP contribution in [0.3, 0.4) is 0 Å². The number of anilines is 1. The molecule has 0 N–H and O–H groups in total. The second-order valence-corrected chi connectivity index (χ2v) is 9.78. The lowest BCUT2D eigenvalue weighted by Crippen LogP contribution is -2.42. The van der Waals surface area contributed by atoms with Gasteiger partial charge in [-0.2, -0.15) is 10.1 Å². The summed E-state index contributed by atoms with van der Waals surface area (Å²) in [5.41, 5.74) is 1.55. The highest BCUT2D eigenvalue weighted by Gasteiger charge is 2.38. The van der Waals surface area contributed by atoms with Gasteiger partial charge in [0, 0.05) is 48.9 Å². The largest absolute Gasteiger partial charge is 0.377 e. The van der Waals surface area contributed by atoms with Gasteiger partial charge in [0.15, 0.2) is 0 Å². The molecule has 5 heterocycles. The van der Waals surface area contributed by atoms with Crippen LogP contribution in [0.2, 0.25) is 5.02 Å². The first-order valence-corrected chi connectivity index (χ1v) is 12.2. The van der Waals surface area contributed by atoms with Crippen molar-refractivity contribution in [2.24, 2.45) is 5.92 Å². The minimum atomic E-state index is -0.342. The quantitative estimate of drug-likeness (QED) is 0.534. The van der Waals surface area contributed by atoms with E-state index in [1.807, 2.05) is 27.9 Å². The van der Waals surface area contributed by atoms with Crippen LogP contribution in [0.25, 0.3) is 11.4 Å². The van der Waals surface area contributed by atoms with E-state index < -0.39 is 0 Å². The molecular formula is C24H25ClN6O4. The molecule has 182 valence electrons. The molecule has 3 fully saturated rings. The number of hydrogen-bond acceptors (Lipinski definition) is 7. The molecule has 0 spiro atoms. The zero-order valence-electron chi connectivity index (χ0n) is 19.0. The van der Waals surface area contributed by atoms with Gasteiger partial charge in [0.05, 0.1) is 36.9 Å². The number of hydrogen-bond donors (Lipinski definition) is 0. The molecule has 3 saturated heterocycles. The smallest absolute Gasteiger partial charge is 0.230 e. The Morgan fingerprint density at radius 2 is 2.00 bits per heavy atom. The standard InChI is InChI=1S/C24H25ClN6O4/c25-18-2-1-3-19(9-18)30-11-16(8-21(30)32)24(33)29-6-4-15(5-7-29)23-27-22(28-35-23)17-10-26-31(12-17)20-13-34-14-20/h1-3,9-10,12,15-16,20H,4-8,11,13-14H2. The minimum Gasteiger partial charge on any atom is -0.377 e. The Bertz CT molecular complexity index is 1250. The lowest BCUT2D eigenvalue weighted by molar-refractivity contribution is -0.136. The summed E-state index contributed by atoms with van der Waals surface area (Å²) in [5.74, 6) is 0.853. The van der Waals surface area contributed by atoms with E-state index in [4.69, 9.17) is 20.9 Å². The molecule has 35 heavy (non-hydrogen) atoms. The Morgan fingerprint density at radius 1 is 1.17 bits per heavy atom. The predicted molar refractivity (Wildman–Crippen MR) is 126 cm³/mol. The van der Waals surface area contributed by atoms with E-state index in [1.54, 1.807) is 23.2 Å². The first-order valence-electron chi connectivity index (χ1n) is 11.9. The average molecular weight is 497 g/mol. The zero-order valence-corrected chi connectivity index (χ0v) is 19.8.